The van der Waals surface area contributed by atoms with Gasteiger partial charge in [-0.15, -0.1) is 0 Å². The SMILES string of the molecule is CCOC1CC(Nc2ccc(C)cc2)C12CCCCC2. The minimum absolute atomic E-state index is 0.402. The normalized spacial score (nSPS) is 28.1. The van der Waals surface area contributed by atoms with Gasteiger partial charge in [0.05, 0.1) is 6.10 Å². The lowest BCUT2D eigenvalue weighted by molar-refractivity contribution is -0.134. The third kappa shape index (κ3) is 2.46. The number of hydrogen-bond acceptors (Lipinski definition) is 2. The molecule has 0 saturated heterocycles. The van der Waals surface area contributed by atoms with Crippen LogP contribution in [0.1, 0.15) is 51.0 Å². The van der Waals surface area contributed by atoms with E-state index in [-0.39, 0.29) is 0 Å². The van der Waals surface area contributed by atoms with E-state index in [0.717, 1.165) is 6.61 Å². The number of aryl methyl sites for hydroxylation is 1. The summed E-state index contributed by atoms with van der Waals surface area (Å²) in [6.45, 7) is 5.11. The smallest absolute Gasteiger partial charge is 0.0670 e. The van der Waals surface area contributed by atoms with Gasteiger partial charge in [0.1, 0.15) is 0 Å². The van der Waals surface area contributed by atoms with Gasteiger partial charge in [-0.2, -0.15) is 0 Å². The van der Waals surface area contributed by atoms with E-state index in [2.05, 4.69) is 43.4 Å². The van der Waals surface area contributed by atoms with Gasteiger partial charge < -0.3 is 10.1 Å². The summed E-state index contributed by atoms with van der Waals surface area (Å²) < 4.78 is 6.02. The van der Waals surface area contributed by atoms with Crippen LogP contribution in [0.15, 0.2) is 24.3 Å². The topological polar surface area (TPSA) is 21.3 Å². The van der Waals surface area contributed by atoms with Crippen LogP contribution in [-0.4, -0.2) is 18.8 Å². The van der Waals surface area contributed by atoms with E-state index in [0.29, 0.717) is 17.6 Å². The van der Waals surface area contributed by atoms with Crippen molar-refractivity contribution in [2.45, 2.75) is 64.5 Å². The van der Waals surface area contributed by atoms with Crippen LogP contribution in [0.2, 0.25) is 0 Å². The summed E-state index contributed by atoms with van der Waals surface area (Å²) >= 11 is 0. The Balaban J connectivity index is 1.71. The molecule has 0 bridgehead atoms. The van der Waals surface area contributed by atoms with Crippen molar-refractivity contribution in [3.8, 4) is 0 Å². The molecule has 2 unspecified atom stereocenters. The number of benzene rings is 1. The Morgan fingerprint density at radius 2 is 1.85 bits per heavy atom. The lowest BCUT2D eigenvalue weighted by Crippen LogP contribution is -2.62. The fraction of sp³-hybridized carbons (Fsp3) is 0.667. The Morgan fingerprint density at radius 1 is 1.15 bits per heavy atom. The standard InChI is InChI=1S/C18H27NO/c1-3-20-17-13-16(18(17)11-5-4-6-12-18)19-15-9-7-14(2)8-10-15/h7-10,16-17,19H,3-6,11-13H2,1-2H3. The Morgan fingerprint density at radius 3 is 2.50 bits per heavy atom. The first-order valence-corrected chi connectivity index (χ1v) is 8.19. The van der Waals surface area contributed by atoms with Crippen molar-refractivity contribution in [3.05, 3.63) is 29.8 Å². The fourth-order valence-electron chi connectivity index (χ4n) is 4.12. The van der Waals surface area contributed by atoms with Gasteiger partial charge in [-0.3, -0.25) is 0 Å². The number of rotatable bonds is 4. The highest BCUT2D eigenvalue weighted by Gasteiger charge is 2.55. The van der Waals surface area contributed by atoms with E-state index in [4.69, 9.17) is 4.74 Å². The van der Waals surface area contributed by atoms with Crippen molar-refractivity contribution in [3.63, 3.8) is 0 Å². The zero-order valence-electron chi connectivity index (χ0n) is 12.8. The Labute approximate surface area is 122 Å². The van der Waals surface area contributed by atoms with E-state index in [1.807, 2.05) is 0 Å². The molecule has 2 fully saturated rings. The van der Waals surface area contributed by atoms with Crippen LogP contribution in [0.5, 0.6) is 0 Å². The minimum Gasteiger partial charge on any atom is -0.382 e. The molecule has 0 aromatic heterocycles. The quantitative estimate of drug-likeness (QED) is 0.870. The van der Waals surface area contributed by atoms with Gasteiger partial charge in [-0.05, 0) is 45.2 Å². The number of nitrogens with one attached hydrogen (secondary N) is 1. The molecular formula is C18H27NO. The molecule has 0 amide bonds. The van der Waals surface area contributed by atoms with E-state index >= 15 is 0 Å². The Kier molecular flexibility index (Phi) is 4.02. The molecule has 2 aliphatic rings. The summed E-state index contributed by atoms with van der Waals surface area (Å²) in [5.74, 6) is 0. The molecular weight excluding hydrogens is 246 g/mol. The van der Waals surface area contributed by atoms with E-state index in [1.165, 1.54) is 49.8 Å². The third-order valence-corrected chi connectivity index (χ3v) is 5.33. The number of anilines is 1. The maximum Gasteiger partial charge on any atom is 0.0670 e. The molecule has 2 atom stereocenters. The van der Waals surface area contributed by atoms with Gasteiger partial charge in [-0.1, -0.05) is 37.0 Å². The summed E-state index contributed by atoms with van der Waals surface area (Å²) in [5, 5.41) is 3.77. The molecule has 2 heteroatoms. The van der Waals surface area contributed by atoms with Crippen LogP contribution in [-0.2, 0) is 4.74 Å². The first kappa shape index (κ1) is 13.9. The van der Waals surface area contributed by atoms with Crippen molar-refractivity contribution < 1.29 is 4.74 Å². The maximum absolute atomic E-state index is 6.02. The summed E-state index contributed by atoms with van der Waals surface area (Å²) in [4.78, 5) is 0. The van der Waals surface area contributed by atoms with E-state index < -0.39 is 0 Å². The molecule has 2 nitrogen and oxygen atoms in total. The summed E-state index contributed by atoms with van der Waals surface area (Å²) in [7, 11) is 0. The zero-order valence-corrected chi connectivity index (χ0v) is 12.8. The third-order valence-electron chi connectivity index (χ3n) is 5.33. The van der Waals surface area contributed by atoms with Crippen LogP contribution in [0.3, 0.4) is 0 Å². The fourth-order valence-corrected chi connectivity index (χ4v) is 4.12. The molecule has 2 saturated carbocycles. The van der Waals surface area contributed by atoms with Crippen LogP contribution >= 0.6 is 0 Å². The van der Waals surface area contributed by atoms with E-state index in [9.17, 15) is 0 Å². The molecule has 3 rings (SSSR count). The maximum atomic E-state index is 6.02. The second kappa shape index (κ2) is 5.77. The molecule has 1 N–H and O–H groups in total. The minimum atomic E-state index is 0.402. The van der Waals surface area contributed by atoms with E-state index in [1.54, 1.807) is 0 Å². The van der Waals surface area contributed by atoms with Gasteiger partial charge in [0.25, 0.3) is 0 Å². The van der Waals surface area contributed by atoms with Crippen LogP contribution in [0, 0.1) is 12.3 Å². The molecule has 20 heavy (non-hydrogen) atoms. The highest BCUT2D eigenvalue weighted by Crippen LogP contribution is 2.54. The van der Waals surface area contributed by atoms with Crippen LogP contribution < -0.4 is 5.32 Å². The lowest BCUT2D eigenvalue weighted by atomic mass is 9.55. The molecule has 1 spiro atoms. The van der Waals surface area contributed by atoms with Crippen molar-refractivity contribution in [2.75, 3.05) is 11.9 Å². The predicted octanol–water partition coefficient (Wildman–Crippen LogP) is 4.53. The highest BCUT2D eigenvalue weighted by atomic mass is 16.5. The molecule has 110 valence electrons. The Bertz CT molecular complexity index is 433. The second-order valence-electron chi connectivity index (χ2n) is 6.54. The summed E-state index contributed by atoms with van der Waals surface area (Å²) in [6, 6.07) is 9.39. The van der Waals surface area contributed by atoms with Gasteiger partial charge in [-0.25, -0.2) is 0 Å². The van der Waals surface area contributed by atoms with Gasteiger partial charge in [0, 0.05) is 23.8 Å². The largest absolute Gasteiger partial charge is 0.382 e. The van der Waals surface area contributed by atoms with Crippen molar-refractivity contribution in [1.82, 2.24) is 0 Å². The number of ether oxygens (including phenoxy) is 1. The summed E-state index contributed by atoms with van der Waals surface area (Å²) in [6.07, 6.45) is 8.46. The monoisotopic (exact) mass is 273 g/mol. The molecule has 0 aliphatic heterocycles. The average Bonchev–Trinajstić information content (AvgIpc) is 2.49. The van der Waals surface area contributed by atoms with Crippen LogP contribution in [0.25, 0.3) is 0 Å². The predicted molar refractivity (Wildman–Crippen MR) is 84.1 cm³/mol. The zero-order chi connectivity index (χ0) is 14.0. The first-order valence-electron chi connectivity index (χ1n) is 8.19. The lowest BCUT2D eigenvalue weighted by Gasteiger charge is -2.58. The average molecular weight is 273 g/mol. The first-order chi connectivity index (χ1) is 9.74. The highest BCUT2D eigenvalue weighted by molar-refractivity contribution is 5.46. The second-order valence-corrected chi connectivity index (χ2v) is 6.54. The molecule has 0 radical (unpaired) electrons. The van der Waals surface area contributed by atoms with Crippen molar-refractivity contribution >= 4 is 5.69 Å². The molecule has 2 aliphatic carbocycles. The Hall–Kier alpha value is -1.02. The van der Waals surface area contributed by atoms with Gasteiger partial charge in [0.15, 0.2) is 0 Å². The van der Waals surface area contributed by atoms with Gasteiger partial charge >= 0.3 is 0 Å². The van der Waals surface area contributed by atoms with Crippen LogP contribution in [0.4, 0.5) is 5.69 Å². The van der Waals surface area contributed by atoms with Crippen molar-refractivity contribution in [1.29, 1.82) is 0 Å². The number of hydrogen-bond donors (Lipinski definition) is 1. The van der Waals surface area contributed by atoms with Gasteiger partial charge in [0.2, 0.25) is 0 Å². The van der Waals surface area contributed by atoms with Crippen molar-refractivity contribution in [2.24, 2.45) is 5.41 Å². The molecule has 1 aromatic carbocycles. The summed E-state index contributed by atoms with van der Waals surface area (Å²) in [5.41, 5.74) is 2.99. The molecule has 1 aromatic rings. The molecule has 0 heterocycles.